The van der Waals surface area contributed by atoms with Crippen molar-refractivity contribution >= 4 is 27.5 Å². The molecule has 5 nitrogen and oxygen atoms in total. The number of rotatable bonds is 4. The molecule has 128 valence electrons. The third kappa shape index (κ3) is 3.27. The average Bonchev–Trinajstić information content (AvgIpc) is 2.97. The van der Waals surface area contributed by atoms with Crippen molar-refractivity contribution in [2.75, 3.05) is 0 Å². The van der Waals surface area contributed by atoms with E-state index in [2.05, 4.69) is 15.3 Å². The van der Waals surface area contributed by atoms with E-state index in [1.165, 1.54) is 0 Å². The maximum absolute atomic E-state index is 12.8. The lowest BCUT2D eigenvalue weighted by Gasteiger charge is -2.37. The Bertz CT molecular complexity index is 903. The van der Waals surface area contributed by atoms with Crippen molar-refractivity contribution in [1.82, 2.24) is 15.3 Å². The number of thiazole rings is 1. The van der Waals surface area contributed by atoms with Gasteiger partial charge >= 0.3 is 0 Å². The Balaban J connectivity index is 1.58. The quantitative estimate of drug-likeness (QED) is 0.755. The van der Waals surface area contributed by atoms with Gasteiger partial charge < -0.3 is 10.4 Å². The maximum Gasteiger partial charge on any atom is 0.251 e. The normalized spacial score (nSPS) is 20.9. The average molecular weight is 353 g/mol. The molecule has 0 spiro atoms. The number of aliphatic hydroxyl groups is 1. The zero-order chi connectivity index (χ0) is 17.4. The van der Waals surface area contributed by atoms with Gasteiger partial charge in [-0.15, -0.1) is 11.3 Å². The zero-order valence-electron chi connectivity index (χ0n) is 13.8. The van der Waals surface area contributed by atoms with Crippen LogP contribution in [-0.4, -0.2) is 27.1 Å². The van der Waals surface area contributed by atoms with Crippen LogP contribution in [0.3, 0.4) is 0 Å². The summed E-state index contributed by atoms with van der Waals surface area (Å²) >= 11 is 1.62. The molecule has 0 aliphatic heterocycles. The fraction of sp³-hybridized carbons (Fsp3) is 0.316. The number of nitrogens with zero attached hydrogens (tertiary/aromatic N) is 2. The van der Waals surface area contributed by atoms with Crippen LogP contribution in [0.1, 0.15) is 39.9 Å². The SMILES string of the molecule is Cc1nc2cc(C(=O)N[C@@H](c3ccccn3)C3CC(O)C3)ccc2s1. The number of fused-ring (bicyclic) bond motifs is 1. The number of hydrogen-bond donors (Lipinski definition) is 2. The molecule has 1 aliphatic rings. The van der Waals surface area contributed by atoms with Crippen LogP contribution < -0.4 is 5.32 Å². The van der Waals surface area contributed by atoms with Crippen molar-refractivity contribution in [1.29, 1.82) is 0 Å². The van der Waals surface area contributed by atoms with Crippen LogP contribution >= 0.6 is 11.3 Å². The van der Waals surface area contributed by atoms with Crippen LogP contribution in [0.15, 0.2) is 42.6 Å². The Morgan fingerprint density at radius 3 is 2.88 bits per heavy atom. The van der Waals surface area contributed by atoms with Gasteiger partial charge in [-0.05, 0) is 56.0 Å². The Labute approximate surface area is 149 Å². The minimum absolute atomic E-state index is 0.135. The minimum Gasteiger partial charge on any atom is -0.393 e. The third-order valence-corrected chi connectivity index (χ3v) is 5.62. The fourth-order valence-corrected chi connectivity index (χ4v) is 4.11. The van der Waals surface area contributed by atoms with E-state index in [0.29, 0.717) is 18.4 Å². The van der Waals surface area contributed by atoms with E-state index in [-0.39, 0.29) is 24.0 Å². The van der Waals surface area contributed by atoms with Crippen molar-refractivity contribution in [2.45, 2.75) is 31.9 Å². The summed E-state index contributed by atoms with van der Waals surface area (Å²) in [5.74, 6) is 0.0729. The monoisotopic (exact) mass is 353 g/mol. The van der Waals surface area contributed by atoms with Crippen LogP contribution in [0, 0.1) is 12.8 Å². The van der Waals surface area contributed by atoms with Crippen molar-refractivity contribution in [3.63, 3.8) is 0 Å². The third-order valence-electron chi connectivity index (χ3n) is 4.67. The number of nitrogens with one attached hydrogen (secondary N) is 1. The summed E-state index contributed by atoms with van der Waals surface area (Å²) in [7, 11) is 0. The summed E-state index contributed by atoms with van der Waals surface area (Å²) in [5, 5.41) is 13.7. The first-order chi connectivity index (χ1) is 12.1. The Kier molecular flexibility index (Phi) is 4.23. The van der Waals surface area contributed by atoms with Gasteiger partial charge in [0.25, 0.3) is 5.91 Å². The number of benzene rings is 1. The number of carbonyl (C=O) groups is 1. The molecular formula is C19H19N3O2S. The number of amides is 1. The molecule has 0 radical (unpaired) electrons. The van der Waals surface area contributed by atoms with E-state index in [0.717, 1.165) is 20.9 Å². The molecule has 2 heterocycles. The highest BCUT2D eigenvalue weighted by Gasteiger charge is 2.36. The molecule has 2 aromatic heterocycles. The van der Waals surface area contributed by atoms with Gasteiger partial charge in [-0.3, -0.25) is 9.78 Å². The minimum atomic E-state index is -0.276. The summed E-state index contributed by atoms with van der Waals surface area (Å²) in [6, 6.07) is 11.1. The van der Waals surface area contributed by atoms with Crippen LogP contribution in [0.2, 0.25) is 0 Å². The van der Waals surface area contributed by atoms with Gasteiger partial charge in [0.1, 0.15) is 0 Å². The smallest absolute Gasteiger partial charge is 0.251 e. The first-order valence-electron chi connectivity index (χ1n) is 8.37. The van der Waals surface area contributed by atoms with Crippen molar-refractivity contribution < 1.29 is 9.90 Å². The molecule has 25 heavy (non-hydrogen) atoms. The highest BCUT2D eigenvalue weighted by atomic mass is 32.1. The fourth-order valence-electron chi connectivity index (χ4n) is 3.30. The van der Waals surface area contributed by atoms with Gasteiger partial charge in [0.05, 0.1) is 33.1 Å². The highest BCUT2D eigenvalue weighted by molar-refractivity contribution is 7.18. The summed E-state index contributed by atoms with van der Waals surface area (Å²) in [4.78, 5) is 21.6. The van der Waals surface area contributed by atoms with E-state index in [1.54, 1.807) is 17.5 Å². The van der Waals surface area contributed by atoms with Crippen molar-refractivity contribution in [3.8, 4) is 0 Å². The van der Waals surface area contributed by atoms with Crippen LogP contribution in [0.25, 0.3) is 10.2 Å². The molecule has 0 unspecified atom stereocenters. The Morgan fingerprint density at radius 1 is 1.32 bits per heavy atom. The zero-order valence-corrected chi connectivity index (χ0v) is 14.7. The number of aliphatic hydroxyl groups excluding tert-OH is 1. The second-order valence-electron chi connectivity index (χ2n) is 6.51. The number of pyridine rings is 1. The molecule has 1 amide bonds. The molecule has 4 rings (SSSR count). The predicted molar refractivity (Wildman–Crippen MR) is 97.5 cm³/mol. The van der Waals surface area contributed by atoms with E-state index < -0.39 is 0 Å². The lowest BCUT2D eigenvalue weighted by atomic mass is 9.76. The lowest BCUT2D eigenvalue weighted by molar-refractivity contribution is 0.0228. The largest absolute Gasteiger partial charge is 0.393 e. The van der Waals surface area contributed by atoms with E-state index in [9.17, 15) is 9.90 Å². The van der Waals surface area contributed by atoms with Crippen molar-refractivity contribution in [2.24, 2.45) is 5.92 Å². The van der Waals surface area contributed by atoms with Crippen LogP contribution in [-0.2, 0) is 0 Å². The van der Waals surface area contributed by atoms with Crippen molar-refractivity contribution in [3.05, 3.63) is 58.9 Å². The molecule has 1 aliphatic carbocycles. The summed E-state index contributed by atoms with van der Waals surface area (Å²) in [6.07, 6.45) is 2.83. The summed E-state index contributed by atoms with van der Waals surface area (Å²) < 4.78 is 1.08. The van der Waals surface area contributed by atoms with Gasteiger partial charge in [0.2, 0.25) is 0 Å². The number of carbonyl (C=O) groups excluding carboxylic acids is 1. The summed E-state index contributed by atoms with van der Waals surface area (Å²) in [6.45, 7) is 1.96. The predicted octanol–water partition coefficient (Wildman–Crippen LogP) is 3.24. The molecule has 6 heteroatoms. The molecule has 1 aromatic carbocycles. The number of aryl methyl sites for hydroxylation is 1. The second-order valence-corrected chi connectivity index (χ2v) is 7.74. The standard InChI is InChI=1S/C19H19N3O2S/c1-11-21-16-10-12(5-6-17(16)25-11)19(24)22-18(13-8-14(23)9-13)15-4-2-3-7-20-15/h2-7,10,13-14,18,23H,8-9H2,1H3,(H,22,24)/t13?,14?,18-/m1/s1. The van der Waals surface area contributed by atoms with E-state index in [1.807, 2.05) is 43.3 Å². The molecule has 3 aromatic rings. The first-order valence-corrected chi connectivity index (χ1v) is 9.19. The Hall–Kier alpha value is -2.31. The number of aromatic nitrogens is 2. The molecule has 1 atom stereocenters. The first kappa shape index (κ1) is 16.2. The topological polar surface area (TPSA) is 75.1 Å². The molecular weight excluding hydrogens is 334 g/mol. The van der Waals surface area contributed by atoms with Crippen LogP contribution in [0.5, 0.6) is 0 Å². The van der Waals surface area contributed by atoms with Gasteiger partial charge in [-0.25, -0.2) is 4.98 Å². The molecule has 1 fully saturated rings. The molecule has 2 N–H and O–H groups in total. The summed E-state index contributed by atoms with van der Waals surface area (Å²) in [5.41, 5.74) is 2.28. The van der Waals surface area contributed by atoms with Crippen LogP contribution in [0.4, 0.5) is 0 Å². The van der Waals surface area contributed by atoms with Gasteiger partial charge in [-0.1, -0.05) is 6.07 Å². The molecule has 0 bridgehead atoms. The molecule has 0 saturated heterocycles. The Morgan fingerprint density at radius 2 is 2.16 bits per heavy atom. The number of hydrogen-bond acceptors (Lipinski definition) is 5. The van der Waals surface area contributed by atoms with E-state index in [4.69, 9.17) is 0 Å². The highest BCUT2D eigenvalue weighted by Crippen LogP contribution is 2.37. The van der Waals surface area contributed by atoms with Gasteiger partial charge in [0.15, 0.2) is 0 Å². The van der Waals surface area contributed by atoms with Gasteiger partial charge in [0, 0.05) is 11.8 Å². The molecule has 1 saturated carbocycles. The van der Waals surface area contributed by atoms with Gasteiger partial charge in [-0.2, -0.15) is 0 Å². The maximum atomic E-state index is 12.8. The lowest BCUT2D eigenvalue weighted by Crippen LogP contribution is -2.41. The van der Waals surface area contributed by atoms with E-state index >= 15 is 0 Å². The second kappa shape index (κ2) is 6.54.